The Hall–Kier alpha value is -1.39. The third-order valence-electron chi connectivity index (χ3n) is 2.32. The molecule has 80 valence electrons. The van der Waals surface area contributed by atoms with Crippen molar-refractivity contribution in [1.29, 1.82) is 0 Å². The quantitative estimate of drug-likeness (QED) is 0.609. The average Bonchev–Trinajstić information content (AvgIpc) is 2.58. The Morgan fingerprint density at radius 3 is 3.00 bits per heavy atom. The third-order valence-corrected chi connectivity index (χ3v) is 2.32. The molecule has 0 aliphatic carbocycles. The molecule has 1 aromatic carbocycles. The van der Waals surface area contributed by atoms with Crippen molar-refractivity contribution in [2.24, 2.45) is 7.05 Å². The first kappa shape index (κ1) is 10.1. The molecule has 0 amide bonds. The predicted molar refractivity (Wildman–Crippen MR) is 59.2 cm³/mol. The minimum Gasteiger partial charge on any atom is -0.302 e. The summed E-state index contributed by atoms with van der Waals surface area (Å²) in [7, 11) is 1.95. The van der Waals surface area contributed by atoms with Crippen LogP contribution in [0.4, 0.5) is 0 Å². The van der Waals surface area contributed by atoms with Crippen LogP contribution in [-0.2, 0) is 18.4 Å². The van der Waals surface area contributed by atoms with Crippen molar-refractivity contribution in [3.63, 3.8) is 0 Å². The Labute approximate surface area is 88.8 Å². The third kappa shape index (κ3) is 2.00. The average molecular weight is 205 g/mol. The second-order valence-corrected chi connectivity index (χ2v) is 3.34. The van der Waals surface area contributed by atoms with E-state index in [0.29, 0.717) is 13.2 Å². The number of hydrogen-bond donors (Lipinski definition) is 1. The van der Waals surface area contributed by atoms with Gasteiger partial charge in [-0.3, -0.25) is 4.68 Å². The molecule has 1 heterocycles. The summed E-state index contributed by atoms with van der Waals surface area (Å²) in [5.74, 6) is 0. The zero-order valence-corrected chi connectivity index (χ0v) is 9.03. The summed E-state index contributed by atoms with van der Waals surface area (Å²) < 4.78 is 1.89. The lowest BCUT2D eigenvalue weighted by Gasteiger charge is -2.00. The van der Waals surface area contributed by atoms with E-state index in [0.717, 1.165) is 11.2 Å². The molecule has 0 saturated heterocycles. The Morgan fingerprint density at radius 2 is 2.20 bits per heavy atom. The molecule has 0 aliphatic heterocycles. The second-order valence-electron chi connectivity index (χ2n) is 3.34. The lowest BCUT2D eigenvalue weighted by molar-refractivity contribution is 0.0457. The van der Waals surface area contributed by atoms with Gasteiger partial charge in [-0.1, -0.05) is 18.2 Å². The zero-order valence-electron chi connectivity index (χ0n) is 9.03. The molecule has 0 fully saturated rings. The zero-order chi connectivity index (χ0) is 10.7. The van der Waals surface area contributed by atoms with E-state index >= 15 is 0 Å². The highest BCUT2D eigenvalue weighted by Gasteiger charge is 2.06. The molecule has 0 aliphatic rings. The van der Waals surface area contributed by atoms with Gasteiger partial charge in [-0.15, -0.1) is 0 Å². The van der Waals surface area contributed by atoms with Crippen LogP contribution in [0.3, 0.4) is 0 Å². The van der Waals surface area contributed by atoms with Gasteiger partial charge in [0.2, 0.25) is 0 Å². The van der Waals surface area contributed by atoms with Crippen LogP contribution in [0.1, 0.15) is 12.6 Å². The maximum absolute atomic E-state index is 5.10. The van der Waals surface area contributed by atoms with Gasteiger partial charge in [-0.05, 0) is 13.0 Å². The van der Waals surface area contributed by atoms with Crippen LogP contribution < -0.4 is 5.48 Å². The highest BCUT2D eigenvalue weighted by molar-refractivity contribution is 5.81. The van der Waals surface area contributed by atoms with Crippen LogP contribution >= 0.6 is 0 Å². The highest BCUT2D eigenvalue weighted by atomic mass is 16.6. The molecule has 4 nitrogen and oxygen atoms in total. The van der Waals surface area contributed by atoms with Crippen LogP contribution in [0.25, 0.3) is 10.9 Å². The maximum Gasteiger partial charge on any atom is 0.0864 e. The lowest BCUT2D eigenvalue weighted by atomic mass is 10.2. The topological polar surface area (TPSA) is 39.1 Å². The van der Waals surface area contributed by atoms with Crippen molar-refractivity contribution in [3.8, 4) is 0 Å². The first-order chi connectivity index (χ1) is 7.33. The fourth-order valence-corrected chi connectivity index (χ4v) is 1.64. The van der Waals surface area contributed by atoms with Crippen LogP contribution in [0, 0.1) is 0 Å². The minimum atomic E-state index is 0.634. The highest BCUT2D eigenvalue weighted by Crippen LogP contribution is 2.16. The molecular formula is C11H15N3O. The molecule has 0 saturated carbocycles. The van der Waals surface area contributed by atoms with Crippen molar-refractivity contribution in [2.45, 2.75) is 13.5 Å². The van der Waals surface area contributed by atoms with E-state index < -0.39 is 0 Å². The van der Waals surface area contributed by atoms with E-state index in [2.05, 4.69) is 22.7 Å². The van der Waals surface area contributed by atoms with Gasteiger partial charge in [0, 0.05) is 12.4 Å². The van der Waals surface area contributed by atoms with E-state index in [-0.39, 0.29) is 0 Å². The standard InChI is InChI=1S/C11H15N3O/c1-3-15-12-8-10-9-6-4-5-7-11(9)14(2)13-10/h4-7,12H,3,8H2,1-2H3. The largest absolute Gasteiger partial charge is 0.302 e. The van der Waals surface area contributed by atoms with Gasteiger partial charge in [0.1, 0.15) is 0 Å². The summed E-state index contributed by atoms with van der Waals surface area (Å²) in [5, 5.41) is 5.61. The van der Waals surface area contributed by atoms with Crippen molar-refractivity contribution < 1.29 is 4.84 Å². The number of aromatic nitrogens is 2. The SMILES string of the molecule is CCONCc1nn(C)c2ccccc12. The van der Waals surface area contributed by atoms with Gasteiger partial charge in [-0.2, -0.15) is 10.6 Å². The summed E-state index contributed by atoms with van der Waals surface area (Å²) in [6, 6.07) is 8.18. The molecule has 0 radical (unpaired) electrons. The van der Waals surface area contributed by atoms with Crippen LogP contribution in [-0.4, -0.2) is 16.4 Å². The Morgan fingerprint density at radius 1 is 1.40 bits per heavy atom. The van der Waals surface area contributed by atoms with E-state index in [1.54, 1.807) is 0 Å². The number of fused-ring (bicyclic) bond motifs is 1. The van der Waals surface area contributed by atoms with Gasteiger partial charge in [0.05, 0.1) is 24.4 Å². The van der Waals surface area contributed by atoms with Gasteiger partial charge in [0.25, 0.3) is 0 Å². The molecule has 1 aromatic heterocycles. The number of nitrogens with one attached hydrogen (secondary N) is 1. The lowest BCUT2D eigenvalue weighted by Crippen LogP contribution is -2.14. The number of hydrogen-bond acceptors (Lipinski definition) is 3. The normalized spacial score (nSPS) is 11.1. The van der Waals surface area contributed by atoms with E-state index in [4.69, 9.17) is 4.84 Å². The van der Waals surface area contributed by atoms with Crippen molar-refractivity contribution in [3.05, 3.63) is 30.0 Å². The summed E-state index contributed by atoms with van der Waals surface area (Å²) >= 11 is 0. The van der Waals surface area contributed by atoms with E-state index in [1.807, 2.05) is 30.8 Å². The van der Waals surface area contributed by atoms with E-state index in [1.165, 1.54) is 5.39 Å². The molecule has 15 heavy (non-hydrogen) atoms. The van der Waals surface area contributed by atoms with Crippen molar-refractivity contribution in [2.75, 3.05) is 6.61 Å². The smallest absolute Gasteiger partial charge is 0.0864 e. The first-order valence-corrected chi connectivity index (χ1v) is 5.08. The number of rotatable bonds is 4. The van der Waals surface area contributed by atoms with Crippen LogP contribution in [0.15, 0.2) is 24.3 Å². The molecule has 4 heteroatoms. The molecule has 1 N–H and O–H groups in total. The Bertz CT molecular complexity index is 450. The molecular weight excluding hydrogens is 190 g/mol. The van der Waals surface area contributed by atoms with Gasteiger partial charge in [-0.25, -0.2) is 0 Å². The number of para-hydroxylation sites is 1. The number of nitrogens with zero attached hydrogens (tertiary/aromatic N) is 2. The Balaban J connectivity index is 2.27. The summed E-state index contributed by atoms with van der Waals surface area (Å²) in [6.45, 7) is 3.24. The van der Waals surface area contributed by atoms with Gasteiger partial charge >= 0.3 is 0 Å². The maximum atomic E-state index is 5.10. The van der Waals surface area contributed by atoms with E-state index in [9.17, 15) is 0 Å². The van der Waals surface area contributed by atoms with Crippen molar-refractivity contribution in [1.82, 2.24) is 15.3 Å². The molecule has 0 spiro atoms. The summed E-state index contributed by atoms with van der Waals surface area (Å²) in [5.41, 5.74) is 5.04. The summed E-state index contributed by atoms with van der Waals surface area (Å²) in [4.78, 5) is 5.10. The van der Waals surface area contributed by atoms with Crippen LogP contribution in [0.2, 0.25) is 0 Å². The molecule has 2 rings (SSSR count). The van der Waals surface area contributed by atoms with Gasteiger partial charge in [0.15, 0.2) is 0 Å². The monoisotopic (exact) mass is 205 g/mol. The molecule has 0 bridgehead atoms. The number of benzene rings is 1. The number of hydroxylamine groups is 1. The summed E-state index contributed by atoms with van der Waals surface area (Å²) in [6.07, 6.45) is 0. The second kappa shape index (κ2) is 4.42. The fraction of sp³-hybridized carbons (Fsp3) is 0.364. The van der Waals surface area contributed by atoms with Crippen molar-refractivity contribution >= 4 is 10.9 Å². The van der Waals surface area contributed by atoms with Crippen LogP contribution in [0.5, 0.6) is 0 Å². The molecule has 2 aromatic rings. The first-order valence-electron chi connectivity index (χ1n) is 5.08. The predicted octanol–water partition coefficient (Wildman–Crippen LogP) is 1.61. The molecule has 0 unspecified atom stereocenters. The minimum absolute atomic E-state index is 0.634. The molecule has 0 atom stereocenters. The number of aryl methyl sites for hydroxylation is 1. The Kier molecular flexibility index (Phi) is 2.99. The van der Waals surface area contributed by atoms with Gasteiger partial charge < -0.3 is 4.84 Å². The fourth-order valence-electron chi connectivity index (χ4n) is 1.64.